The van der Waals surface area contributed by atoms with Crippen LogP contribution in [0.4, 0.5) is 0 Å². The van der Waals surface area contributed by atoms with E-state index in [1.165, 1.54) is 11.3 Å². The Labute approximate surface area is 105 Å². The van der Waals surface area contributed by atoms with E-state index in [0.717, 1.165) is 17.0 Å². The summed E-state index contributed by atoms with van der Waals surface area (Å²) in [5.41, 5.74) is 0.841. The molecule has 0 saturated carbocycles. The van der Waals surface area contributed by atoms with Crippen molar-refractivity contribution in [1.29, 1.82) is 0 Å². The first-order chi connectivity index (χ1) is 8.13. The molecule has 0 aromatic carbocycles. The van der Waals surface area contributed by atoms with E-state index in [1.807, 2.05) is 20.8 Å². The molecule has 2 heterocycles. The van der Waals surface area contributed by atoms with Gasteiger partial charge in [0.15, 0.2) is 17.1 Å². The number of rotatable bonds is 4. The van der Waals surface area contributed by atoms with Gasteiger partial charge in [-0.1, -0.05) is 13.8 Å². The van der Waals surface area contributed by atoms with Gasteiger partial charge in [0.1, 0.15) is 0 Å². The first-order valence-electron chi connectivity index (χ1n) is 5.88. The maximum atomic E-state index is 12.0. The topological polar surface area (TPSA) is 48.4 Å². The molecule has 17 heavy (non-hydrogen) atoms. The highest BCUT2D eigenvalue weighted by atomic mass is 32.1. The molecule has 4 nitrogen and oxygen atoms in total. The van der Waals surface area contributed by atoms with Crippen LogP contribution in [0.5, 0.6) is 0 Å². The van der Waals surface area contributed by atoms with E-state index < -0.39 is 0 Å². The molecule has 1 aliphatic heterocycles. The lowest BCUT2D eigenvalue weighted by Crippen LogP contribution is -2.09. The monoisotopic (exact) mass is 255 g/mol. The normalized spacial score (nSPS) is 18.5. The summed E-state index contributed by atoms with van der Waals surface area (Å²) in [7, 11) is 0. The minimum Gasteiger partial charge on any atom is -0.345 e. The average molecular weight is 255 g/mol. The van der Waals surface area contributed by atoms with Crippen molar-refractivity contribution in [3.05, 3.63) is 15.6 Å². The number of Topliss-reactive ketones (excluding diaryl/α,β-unsaturated/α-hetero) is 1. The van der Waals surface area contributed by atoms with Crippen molar-refractivity contribution >= 4 is 17.1 Å². The first kappa shape index (κ1) is 12.7. The van der Waals surface area contributed by atoms with Gasteiger partial charge in [0.2, 0.25) is 0 Å². The van der Waals surface area contributed by atoms with Crippen LogP contribution in [-0.2, 0) is 9.47 Å². The van der Waals surface area contributed by atoms with Crippen molar-refractivity contribution in [1.82, 2.24) is 4.98 Å². The number of aromatic nitrogens is 1. The predicted octanol–water partition coefficient (Wildman–Crippen LogP) is 2.73. The van der Waals surface area contributed by atoms with Crippen LogP contribution in [0.1, 0.15) is 46.9 Å². The zero-order valence-corrected chi connectivity index (χ0v) is 11.2. The van der Waals surface area contributed by atoms with Gasteiger partial charge in [-0.3, -0.25) is 4.79 Å². The highest BCUT2D eigenvalue weighted by molar-refractivity contribution is 7.13. The lowest BCUT2D eigenvalue weighted by Gasteiger charge is -2.06. The Morgan fingerprint density at radius 2 is 2.18 bits per heavy atom. The minimum absolute atomic E-state index is 0.0267. The third kappa shape index (κ3) is 2.56. The number of ketones is 1. The summed E-state index contributed by atoms with van der Waals surface area (Å²) in [4.78, 5) is 17.3. The number of ether oxygens (including phenoxy) is 2. The zero-order chi connectivity index (χ0) is 12.4. The maximum absolute atomic E-state index is 12.0. The first-order valence-corrected chi connectivity index (χ1v) is 6.69. The van der Waals surface area contributed by atoms with E-state index in [2.05, 4.69) is 4.98 Å². The van der Waals surface area contributed by atoms with Gasteiger partial charge >= 0.3 is 0 Å². The molecule has 0 spiro atoms. The molecule has 0 amide bonds. The molecular weight excluding hydrogens is 238 g/mol. The Kier molecular flexibility index (Phi) is 3.91. The standard InChI is InChI=1S/C12H17NO3S/c1-4-7(2)9(14)11-13-8(3)10(17-11)12-15-5-6-16-12/h7,12H,4-6H2,1-3H3. The van der Waals surface area contributed by atoms with Crippen LogP contribution in [-0.4, -0.2) is 24.0 Å². The predicted molar refractivity (Wildman–Crippen MR) is 65.3 cm³/mol. The molecule has 1 fully saturated rings. The van der Waals surface area contributed by atoms with E-state index >= 15 is 0 Å². The highest BCUT2D eigenvalue weighted by Crippen LogP contribution is 2.32. The molecule has 1 unspecified atom stereocenters. The Morgan fingerprint density at radius 1 is 1.53 bits per heavy atom. The maximum Gasteiger partial charge on any atom is 0.195 e. The molecule has 0 aliphatic carbocycles. The Balaban J connectivity index is 2.20. The van der Waals surface area contributed by atoms with Gasteiger partial charge in [0.25, 0.3) is 0 Å². The van der Waals surface area contributed by atoms with Gasteiger partial charge in [-0.05, 0) is 13.3 Å². The third-order valence-electron chi connectivity index (χ3n) is 2.94. The molecule has 1 saturated heterocycles. The fourth-order valence-electron chi connectivity index (χ4n) is 1.64. The SMILES string of the molecule is CCC(C)C(=O)c1nc(C)c(C2OCCO2)s1. The zero-order valence-electron chi connectivity index (χ0n) is 10.4. The Morgan fingerprint density at radius 3 is 2.76 bits per heavy atom. The van der Waals surface area contributed by atoms with Crippen molar-refractivity contribution in [3.63, 3.8) is 0 Å². The van der Waals surface area contributed by atoms with E-state index in [9.17, 15) is 4.79 Å². The number of thiazole rings is 1. The molecule has 1 aromatic heterocycles. The van der Waals surface area contributed by atoms with Crippen molar-refractivity contribution in [2.45, 2.75) is 33.5 Å². The molecule has 0 N–H and O–H groups in total. The second-order valence-electron chi connectivity index (χ2n) is 4.22. The van der Waals surface area contributed by atoms with E-state index in [4.69, 9.17) is 9.47 Å². The summed E-state index contributed by atoms with van der Waals surface area (Å²) >= 11 is 1.40. The molecule has 1 atom stereocenters. The van der Waals surface area contributed by atoms with Gasteiger partial charge in [-0.25, -0.2) is 4.98 Å². The van der Waals surface area contributed by atoms with Crippen LogP contribution >= 0.6 is 11.3 Å². The van der Waals surface area contributed by atoms with Crippen LogP contribution < -0.4 is 0 Å². The summed E-state index contributed by atoms with van der Waals surface area (Å²) in [6.45, 7) is 7.05. The van der Waals surface area contributed by atoms with Gasteiger partial charge in [0, 0.05) is 5.92 Å². The van der Waals surface area contributed by atoms with Crippen molar-refractivity contribution in [3.8, 4) is 0 Å². The fourth-order valence-corrected chi connectivity index (χ4v) is 2.76. The summed E-state index contributed by atoms with van der Waals surface area (Å²) in [5.74, 6) is 0.142. The molecule has 0 radical (unpaired) electrons. The molecule has 1 aliphatic rings. The van der Waals surface area contributed by atoms with Gasteiger partial charge in [-0.15, -0.1) is 11.3 Å². The number of hydrogen-bond acceptors (Lipinski definition) is 5. The Bertz CT molecular complexity index is 410. The Hall–Kier alpha value is -0.780. The third-order valence-corrected chi connectivity index (χ3v) is 4.13. The smallest absolute Gasteiger partial charge is 0.195 e. The number of carbonyl (C=O) groups is 1. The van der Waals surface area contributed by atoms with Gasteiger partial charge in [-0.2, -0.15) is 0 Å². The molecule has 94 valence electrons. The largest absolute Gasteiger partial charge is 0.345 e. The molecular formula is C12H17NO3S. The van der Waals surface area contributed by atoms with E-state index in [1.54, 1.807) is 0 Å². The summed E-state index contributed by atoms with van der Waals surface area (Å²) in [5, 5.41) is 0.575. The van der Waals surface area contributed by atoms with Crippen LogP contribution in [0.15, 0.2) is 0 Å². The second kappa shape index (κ2) is 5.25. The van der Waals surface area contributed by atoms with Crippen molar-refractivity contribution in [2.24, 2.45) is 5.92 Å². The van der Waals surface area contributed by atoms with Crippen molar-refractivity contribution in [2.75, 3.05) is 13.2 Å². The van der Waals surface area contributed by atoms with Crippen LogP contribution in [0.2, 0.25) is 0 Å². The van der Waals surface area contributed by atoms with Crippen LogP contribution in [0.3, 0.4) is 0 Å². The molecule has 1 aromatic rings. The van der Waals surface area contributed by atoms with Crippen molar-refractivity contribution < 1.29 is 14.3 Å². The van der Waals surface area contributed by atoms with Crippen LogP contribution in [0.25, 0.3) is 0 Å². The minimum atomic E-state index is -0.328. The van der Waals surface area contributed by atoms with Gasteiger partial charge in [0.05, 0.1) is 23.8 Å². The molecule has 0 bridgehead atoms. The highest BCUT2D eigenvalue weighted by Gasteiger charge is 2.26. The number of aryl methyl sites for hydroxylation is 1. The lowest BCUT2D eigenvalue weighted by atomic mass is 10.0. The number of carbonyl (C=O) groups excluding carboxylic acids is 1. The fraction of sp³-hybridized carbons (Fsp3) is 0.667. The molecule has 2 rings (SSSR count). The molecule has 5 heteroatoms. The summed E-state index contributed by atoms with van der Waals surface area (Å²) in [6.07, 6.45) is 0.509. The average Bonchev–Trinajstić information content (AvgIpc) is 2.95. The quantitative estimate of drug-likeness (QED) is 0.776. The number of nitrogens with zero attached hydrogens (tertiary/aromatic N) is 1. The van der Waals surface area contributed by atoms with Crippen LogP contribution in [0, 0.1) is 12.8 Å². The van der Waals surface area contributed by atoms with E-state index in [0.29, 0.717) is 18.2 Å². The number of hydrogen-bond donors (Lipinski definition) is 0. The lowest BCUT2D eigenvalue weighted by molar-refractivity contribution is -0.0418. The van der Waals surface area contributed by atoms with Gasteiger partial charge < -0.3 is 9.47 Å². The summed E-state index contributed by atoms with van der Waals surface area (Å²) < 4.78 is 10.9. The summed E-state index contributed by atoms with van der Waals surface area (Å²) in [6, 6.07) is 0. The second-order valence-corrected chi connectivity index (χ2v) is 5.25. The van der Waals surface area contributed by atoms with E-state index in [-0.39, 0.29) is 18.0 Å².